The molecular weight excluding hydrogens is 279 g/mol. The first-order chi connectivity index (χ1) is 8.58. The number of hydrogen-bond acceptors (Lipinski definition) is 3. The average molecular weight is 293 g/mol. The summed E-state index contributed by atoms with van der Waals surface area (Å²) in [6.07, 6.45) is 0. The number of nitrogens with one attached hydrogen (secondary N) is 1. The summed E-state index contributed by atoms with van der Waals surface area (Å²) in [6, 6.07) is 4.24. The monoisotopic (exact) mass is 292 g/mol. The van der Waals surface area contributed by atoms with Crippen LogP contribution >= 0.6 is 23.8 Å². The third kappa shape index (κ3) is 4.38. The molecule has 0 aliphatic carbocycles. The number of thiocarbonyl (C=S) groups is 1. The standard InChI is InChI=1S/C11H14ClFN2O2S/c12-9-2-1-8(7-10(9)13)14-11(18)15(3-5-16)4-6-17/h1-2,7,16-17H,3-6H2,(H,14,18). The summed E-state index contributed by atoms with van der Waals surface area (Å²) in [5.41, 5.74) is 0.461. The predicted molar refractivity (Wildman–Crippen MR) is 73.4 cm³/mol. The summed E-state index contributed by atoms with van der Waals surface area (Å²) in [7, 11) is 0. The summed E-state index contributed by atoms with van der Waals surface area (Å²) in [4.78, 5) is 1.59. The van der Waals surface area contributed by atoms with Crippen molar-refractivity contribution in [1.29, 1.82) is 0 Å². The second-order valence-electron chi connectivity index (χ2n) is 3.49. The van der Waals surface area contributed by atoms with Gasteiger partial charge in [-0.1, -0.05) is 11.6 Å². The summed E-state index contributed by atoms with van der Waals surface area (Å²) >= 11 is 10.7. The molecule has 0 saturated carbocycles. The van der Waals surface area contributed by atoms with Gasteiger partial charge in [-0.3, -0.25) is 0 Å². The maximum atomic E-state index is 13.2. The highest BCUT2D eigenvalue weighted by atomic mass is 35.5. The number of nitrogens with zero attached hydrogens (tertiary/aromatic N) is 1. The molecule has 0 aliphatic rings. The van der Waals surface area contributed by atoms with E-state index in [1.54, 1.807) is 11.0 Å². The zero-order chi connectivity index (χ0) is 13.5. The molecule has 0 amide bonds. The Kier molecular flexibility index (Phi) is 6.28. The molecule has 0 radical (unpaired) electrons. The van der Waals surface area contributed by atoms with Crippen LogP contribution in [0, 0.1) is 5.82 Å². The number of anilines is 1. The van der Waals surface area contributed by atoms with Crippen LogP contribution in [0.2, 0.25) is 5.02 Å². The minimum Gasteiger partial charge on any atom is -0.395 e. The Morgan fingerprint density at radius 3 is 2.44 bits per heavy atom. The molecule has 100 valence electrons. The molecule has 0 aliphatic heterocycles. The number of rotatable bonds is 5. The number of benzene rings is 1. The first-order valence-corrected chi connectivity index (χ1v) is 6.09. The number of aliphatic hydroxyl groups is 2. The van der Waals surface area contributed by atoms with Crippen LogP contribution in [-0.4, -0.2) is 46.5 Å². The molecule has 1 rings (SSSR count). The molecule has 18 heavy (non-hydrogen) atoms. The maximum absolute atomic E-state index is 13.2. The van der Waals surface area contributed by atoms with E-state index >= 15 is 0 Å². The minimum atomic E-state index is -0.541. The van der Waals surface area contributed by atoms with Crippen LogP contribution in [-0.2, 0) is 0 Å². The first kappa shape index (κ1) is 15.1. The molecule has 0 unspecified atom stereocenters. The van der Waals surface area contributed by atoms with Crippen molar-refractivity contribution < 1.29 is 14.6 Å². The fraction of sp³-hybridized carbons (Fsp3) is 0.364. The van der Waals surface area contributed by atoms with Crippen LogP contribution in [0.4, 0.5) is 10.1 Å². The van der Waals surface area contributed by atoms with Gasteiger partial charge in [-0.05, 0) is 30.4 Å². The van der Waals surface area contributed by atoms with Gasteiger partial charge in [-0.15, -0.1) is 0 Å². The van der Waals surface area contributed by atoms with Crippen LogP contribution in [0.5, 0.6) is 0 Å². The van der Waals surface area contributed by atoms with E-state index < -0.39 is 5.82 Å². The lowest BCUT2D eigenvalue weighted by Gasteiger charge is -2.24. The molecule has 0 heterocycles. The average Bonchev–Trinajstić information content (AvgIpc) is 2.33. The van der Waals surface area contributed by atoms with Gasteiger partial charge < -0.3 is 20.4 Å². The van der Waals surface area contributed by atoms with Crippen LogP contribution in [0.15, 0.2) is 18.2 Å². The maximum Gasteiger partial charge on any atom is 0.173 e. The fourth-order valence-electron chi connectivity index (χ4n) is 1.33. The van der Waals surface area contributed by atoms with Crippen molar-refractivity contribution >= 4 is 34.6 Å². The van der Waals surface area contributed by atoms with Crippen molar-refractivity contribution in [1.82, 2.24) is 4.90 Å². The Hall–Kier alpha value is -0.950. The quantitative estimate of drug-likeness (QED) is 0.718. The third-order valence-electron chi connectivity index (χ3n) is 2.20. The lowest BCUT2D eigenvalue weighted by Crippen LogP contribution is -2.38. The lowest BCUT2D eigenvalue weighted by molar-refractivity contribution is 0.214. The Bertz CT molecular complexity index is 414. The van der Waals surface area contributed by atoms with E-state index in [0.29, 0.717) is 23.9 Å². The van der Waals surface area contributed by atoms with E-state index in [1.165, 1.54) is 12.1 Å². The van der Waals surface area contributed by atoms with Gasteiger partial charge >= 0.3 is 0 Å². The van der Waals surface area contributed by atoms with E-state index in [9.17, 15) is 4.39 Å². The molecule has 0 bridgehead atoms. The molecular formula is C11H14ClFN2O2S. The van der Waals surface area contributed by atoms with E-state index in [0.717, 1.165) is 0 Å². The number of halogens is 2. The highest BCUT2D eigenvalue weighted by molar-refractivity contribution is 7.80. The van der Waals surface area contributed by atoms with Crippen molar-refractivity contribution in [2.45, 2.75) is 0 Å². The molecule has 4 nitrogen and oxygen atoms in total. The SMILES string of the molecule is OCCN(CCO)C(=S)Nc1ccc(Cl)c(F)c1. The Morgan fingerprint density at radius 1 is 1.33 bits per heavy atom. The normalized spacial score (nSPS) is 10.2. The van der Waals surface area contributed by atoms with Crippen molar-refractivity contribution in [3.05, 3.63) is 29.0 Å². The molecule has 0 aromatic heterocycles. The van der Waals surface area contributed by atoms with Gasteiger partial charge in [0.1, 0.15) is 5.82 Å². The smallest absolute Gasteiger partial charge is 0.173 e. The summed E-state index contributed by atoms with van der Waals surface area (Å²) < 4.78 is 13.2. The number of aliphatic hydroxyl groups excluding tert-OH is 2. The Morgan fingerprint density at radius 2 is 1.94 bits per heavy atom. The fourth-order valence-corrected chi connectivity index (χ4v) is 1.75. The minimum absolute atomic E-state index is 0.0361. The summed E-state index contributed by atoms with van der Waals surface area (Å²) in [5.74, 6) is -0.541. The van der Waals surface area contributed by atoms with E-state index in [-0.39, 0.29) is 18.2 Å². The second kappa shape index (κ2) is 7.48. The zero-order valence-corrected chi connectivity index (χ0v) is 11.1. The van der Waals surface area contributed by atoms with E-state index in [2.05, 4.69) is 5.32 Å². The zero-order valence-electron chi connectivity index (χ0n) is 9.57. The first-order valence-electron chi connectivity index (χ1n) is 5.31. The van der Waals surface area contributed by atoms with Gasteiger partial charge in [0.05, 0.1) is 18.2 Å². The van der Waals surface area contributed by atoms with Crippen molar-refractivity contribution in [3.63, 3.8) is 0 Å². The highest BCUT2D eigenvalue weighted by Gasteiger charge is 2.09. The van der Waals surface area contributed by atoms with Crippen LogP contribution in [0.25, 0.3) is 0 Å². The summed E-state index contributed by atoms with van der Waals surface area (Å²) in [5, 5.41) is 20.9. The van der Waals surface area contributed by atoms with Crippen molar-refractivity contribution in [2.24, 2.45) is 0 Å². The molecule has 0 fully saturated rings. The van der Waals surface area contributed by atoms with Crippen LogP contribution in [0.1, 0.15) is 0 Å². The van der Waals surface area contributed by atoms with Gasteiger partial charge in [0.25, 0.3) is 0 Å². The summed E-state index contributed by atoms with van der Waals surface area (Å²) in [6.45, 7) is 0.415. The van der Waals surface area contributed by atoms with Gasteiger partial charge in [-0.25, -0.2) is 4.39 Å². The molecule has 0 spiro atoms. The van der Waals surface area contributed by atoms with Crippen molar-refractivity contribution in [3.8, 4) is 0 Å². The van der Waals surface area contributed by atoms with Gasteiger partial charge in [0, 0.05) is 18.8 Å². The molecule has 7 heteroatoms. The molecule has 3 N–H and O–H groups in total. The molecule has 1 aromatic carbocycles. The number of hydrogen-bond donors (Lipinski definition) is 3. The Labute approximate surface area is 115 Å². The molecule has 0 saturated heterocycles. The molecule has 0 atom stereocenters. The van der Waals surface area contributed by atoms with Crippen LogP contribution in [0.3, 0.4) is 0 Å². The Balaban J connectivity index is 2.69. The highest BCUT2D eigenvalue weighted by Crippen LogP contribution is 2.18. The van der Waals surface area contributed by atoms with Crippen molar-refractivity contribution in [2.75, 3.05) is 31.6 Å². The predicted octanol–water partition coefficient (Wildman–Crippen LogP) is 1.46. The van der Waals surface area contributed by atoms with Gasteiger partial charge in [-0.2, -0.15) is 0 Å². The van der Waals surface area contributed by atoms with E-state index in [1.807, 2.05) is 0 Å². The lowest BCUT2D eigenvalue weighted by atomic mass is 10.3. The van der Waals surface area contributed by atoms with Crippen LogP contribution < -0.4 is 5.32 Å². The third-order valence-corrected chi connectivity index (χ3v) is 2.86. The van der Waals surface area contributed by atoms with Gasteiger partial charge in [0.15, 0.2) is 5.11 Å². The van der Waals surface area contributed by atoms with E-state index in [4.69, 9.17) is 34.0 Å². The second-order valence-corrected chi connectivity index (χ2v) is 4.29. The van der Waals surface area contributed by atoms with Gasteiger partial charge in [0.2, 0.25) is 0 Å². The topological polar surface area (TPSA) is 55.7 Å². The molecule has 1 aromatic rings. The largest absolute Gasteiger partial charge is 0.395 e.